The molecule has 4 aliphatic rings. The summed E-state index contributed by atoms with van der Waals surface area (Å²) in [6.45, 7) is 0.211. The number of benzene rings is 1. The van der Waals surface area contributed by atoms with Gasteiger partial charge < -0.3 is 10.1 Å². The number of hydrogen-bond donors (Lipinski definition) is 1. The van der Waals surface area contributed by atoms with E-state index in [-0.39, 0.29) is 47.8 Å². The van der Waals surface area contributed by atoms with E-state index in [0.717, 1.165) is 36.5 Å². The molecule has 1 aromatic heterocycles. The molecule has 0 saturated heterocycles. The molecule has 1 aromatic carbocycles. The summed E-state index contributed by atoms with van der Waals surface area (Å²) < 4.78 is 20.9. The van der Waals surface area contributed by atoms with Crippen molar-refractivity contribution < 1.29 is 13.9 Å². The molecule has 0 radical (unpaired) electrons. The van der Waals surface area contributed by atoms with Crippen LogP contribution in [0.5, 0.6) is 0 Å². The van der Waals surface area contributed by atoms with Crippen LogP contribution in [-0.4, -0.2) is 28.8 Å². The van der Waals surface area contributed by atoms with Crippen LogP contribution in [0.15, 0.2) is 40.1 Å². The minimum absolute atomic E-state index is 0.137. The smallest absolute Gasteiger partial charge is 0.265 e. The van der Waals surface area contributed by atoms with Gasteiger partial charge in [-0.25, -0.2) is 9.38 Å². The summed E-state index contributed by atoms with van der Waals surface area (Å²) >= 11 is 0. The molecule has 1 atom stereocenters. The molecule has 3 aliphatic carbocycles. The fraction of sp³-hybridized carbons (Fsp3) is 0.500. The summed E-state index contributed by atoms with van der Waals surface area (Å²) in [6, 6.07) is 7.86. The lowest BCUT2D eigenvalue weighted by Crippen LogP contribution is -2.55. The molecule has 3 saturated carbocycles. The van der Waals surface area contributed by atoms with Gasteiger partial charge in [-0.2, -0.15) is 0 Å². The third-order valence-corrected chi connectivity index (χ3v) is 7.58. The monoisotopic (exact) mass is 449 g/mol. The zero-order valence-electron chi connectivity index (χ0n) is 18.6. The molecule has 6 rings (SSSR count). The standard InChI is InChI=1S/C26H28FN3O3/c27-18-5-2-16(3-6-18)15-30-23-17(4-9-22(29-23)33-20-7-8-20)12-21(25(30)32)24(31)28-19-13-26(14-19)10-1-11-26/h2-6,12,19-20,22H,1,7-11,13-15H2,(H,28,31). The average molecular weight is 450 g/mol. The lowest BCUT2D eigenvalue weighted by molar-refractivity contribution is -0.000656. The predicted octanol–water partition coefficient (Wildman–Crippen LogP) is 2.41. The Kier molecular flexibility index (Phi) is 4.98. The van der Waals surface area contributed by atoms with Gasteiger partial charge in [0.05, 0.1) is 12.6 Å². The number of pyridine rings is 1. The number of carbonyl (C=O) groups is 1. The van der Waals surface area contributed by atoms with Crippen molar-refractivity contribution >= 4 is 12.0 Å². The molecule has 3 fully saturated rings. The van der Waals surface area contributed by atoms with Gasteiger partial charge in [-0.1, -0.05) is 24.6 Å². The quantitative estimate of drug-likeness (QED) is 0.736. The van der Waals surface area contributed by atoms with Gasteiger partial charge in [0.15, 0.2) is 6.23 Å². The Bertz CT molecular complexity index is 1270. The molecule has 0 bridgehead atoms. The van der Waals surface area contributed by atoms with Crippen LogP contribution in [-0.2, 0) is 11.3 Å². The molecular formula is C26H28FN3O3. The molecule has 172 valence electrons. The van der Waals surface area contributed by atoms with Gasteiger partial charge >= 0.3 is 0 Å². The van der Waals surface area contributed by atoms with Crippen molar-refractivity contribution in [2.24, 2.45) is 10.4 Å². The van der Waals surface area contributed by atoms with Gasteiger partial charge in [0, 0.05) is 17.7 Å². The molecule has 1 unspecified atom stereocenters. The zero-order chi connectivity index (χ0) is 22.6. The van der Waals surface area contributed by atoms with Gasteiger partial charge in [0.1, 0.15) is 16.9 Å². The first-order valence-electron chi connectivity index (χ1n) is 12.0. The van der Waals surface area contributed by atoms with E-state index in [1.165, 1.54) is 36.0 Å². The summed E-state index contributed by atoms with van der Waals surface area (Å²) in [7, 11) is 0. The molecule has 1 spiro atoms. The minimum Gasteiger partial charge on any atom is -0.353 e. The highest BCUT2D eigenvalue weighted by Crippen LogP contribution is 2.55. The van der Waals surface area contributed by atoms with Crippen LogP contribution in [0.1, 0.15) is 67.3 Å². The van der Waals surface area contributed by atoms with Crippen molar-refractivity contribution in [2.75, 3.05) is 0 Å². The van der Waals surface area contributed by atoms with Crippen LogP contribution in [0.2, 0.25) is 0 Å². The van der Waals surface area contributed by atoms with Gasteiger partial charge in [0.2, 0.25) is 0 Å². The van der Waals surface area contributed by atoms with Crippen LogP contribution in [0.25, 0.3) is 6.08 Å². The number of ether oxygens (including phenoxy) is 1. The van der Waals surface area contributed by atoms with Crippen molar-refractivity contribution in [3.8, 4) is 0 Å². The Morgan fingerprint density at radius 3 is 2.64 bits per heavy atom. The Morgan fingerprint density at radius 2 is 1.97 bits per heavy atom. The van der Waals surface area contributed by atoms with E-state index in [1.807, 2.05) is 6.08 Å². The molecule has 1 amide bonds. The predicted molar refractivity (Wildman–Crippen MR) is 121 cm³/mol. The molecule has 7 heteroatoms. The van der Waals surface area contributed by atoms with Gasteiger partial charge in [-0.15, -0.1) is 0 Å². The van der Waals surface area contributed by atoms with E-state index in [2.05, 4.69) is 5.32 Å². The molecule has 33 heavy (non-hydrogen) atoms. The van der Waals surface area contributed by atoms with Crippen molar-refractivity contribution in [3.63, 3.8) is 0 Å². The van der Waals surface area contributed by atoms with Crippen molar-refractivity contribution in [2.45, 2.75) is 76.3 Å². The van der Waals surface area contributed by atoms with Gasteiger partial charge in [-0.3, -0.25) is 14.2 Å². The van der Waals surface area contributed by atoms with E-state index in [9.17, 15) is 14.0 Å². The van der Waals surface area contributed by atoms with E-state index >= 15 is 0 Å². The molecule has 6 nitrogen and oxygen atoms in total. The van der Waals surface area contributed by atoms with Gasteiger partial charge in [0.25, 0.3) is 11.5 Å². The second-order valence-electron chi connectivity index (χ2n) is 10.1. The Balaban J connectivity index is 1.34. The highest BCUT2D eigenvalue weighted by atomic mass is 19.1. The number of hydrogen-bond acceptors (Lipinski definition) is 4. The fourth-order valence-corrected chi connectivity index (χ4v) is 5.42. The van der Waals surface area contributed by atoms with E-state index < -0.39 is 0 Å². The summed E-state index contributed by atoms with van der Waals surface area (Å²) in [4.78, 5) is 31.3. The van der Waals surface area contributed by atoms with E-state index in [4.69, 9.17) is 9.73 Å². The van der Waals surface area contributed by atoms with Crippen molar-refractivity contribution in [1.29, 1.82) is 0 Å². The number of nitrogens with zero attached hydrogens (tertiary/aromatic N) is 2. The first-order valence-corrected chi connectivity index (χ1v) is 12.0. The largest absolute Gasteiger partial charge is 0.353 e. The third-order valence-electron chi connectivity index (χ3n) is 7.58. The Labute approximate surface area is 191 Å². The number of aromatic nitrogens is 1. The van der Waals surface area contributed by atoms with Crippen molar-refractivity contribution in [3.05, 3.63) is 68.3 Å². The molecule has 1 aliphatic heterocycles. The normalized spacial score (nSPS) is 23.0. The maximum atomic E-state index is 13.5. The molecule has 1 N–H and O–H groups in total. The summed E-state index contributed by atoms with van der Waals surface area (Å²) in [5, 5.41) is 3.84. The topological polar surface area (TPSA) is 72.7 Å². The summed E-state index contributed by atoms with van der Waals surface area (Å²) in [6.07, 6.45) is 10.4. The average Bonchev–Trinajstić information content (AvgIpc) is 3.56. The van der Waals surface area contributed by atoms with Gasteiger partial charge in [-0.05, 0) is 67.7 Å². The maximum Gasteiger partial charge on any atom is 0.265 e. The Morgan fingerprint density at radius 1 is 1.21 bits per heavy atom. The van der Waals surface area contributed by atoms with Crippen LogP contribution < -0.4 is 21.6 Å². The first kappa shape index (κ1) is 20.8. The zero-order valence-corrected chi connectivity index (χ0v) is 18.6. The number of carbonyl (C=O) groups excluding carboxylic acids is 1. The van der Waals surface area contributed by atoms with Crippen LogP contribution in [0.3, 0.4) is 0 Å². The van der Waals surface area contributed by atoms with Crippen molar-refractivity contribution in [1.82, 2.24) is 9.88 Å². The third kappa shape index (κ3) is 4.03. The van der Waals surface area contributed by atoms with Crippen LogP contribution in [0.4, 0.5) is 4.39 Å². The highest BCUT2D eigenvalue weighted by molar-refractivity contribution is 5.94. The van der Waals surface area contributed by atoms with E-state index in [1.54, 1.807) is 18.2 Å². The first-order chi connectivity index (χ1) is 16.0. The number of fused-ring (bicyclic) bond motifs is 1. The number of nitrogens with one attached hydrogen (secondary N) is 1. The SMILES string of the molecule is O=C(NC1CC2(CCC2)C1)c1cc2c(n(Cc3ccc(F)cc3)c1=O)=NC(OC1CC1)CC=2. The fourth-order valence-electron chi connectivity index (χ4n) is 5.42. The second-order valence-corrected chi connectivity index (χ2v) is 10.1. The number of amides is 1. The van der Waals surface area contributed by atoms with Crippen LogP contribution >= 0.6 is 0 Å². The molecular weight excluding hydrogens is 421 g/mol. The van der Waals surface area contributed by atoms with E-state index in [0.29, 0.717) is 17.3 Å². The lowest BCUT2D eigenvalue weighted by Gasteiger charge is -2.54. The lowest BCUT2D eigenvalue weighted by atomic mass is 9.54. The minimum atomic E-state index is -0.377. The highest BCUT2D eigenvalue weighted by Gasteiger charge is 2.48. The molecule has 2 aromatic rings. The Hall–Kier alpha value is -2.80. The number of rotatable bonds is 6. The maximum absolute atomic E-state index is 13.5. The number of halogens is 1. The summed E-state index contributed by atoms with van der Waals surface area (Å²) in [5.74, 6) is -0.651. The summed E-state index contributed by atoms with van der Waals surface area (Å²) in [5.41, 5.74) is 1.50. The van der Waals surface area contributed by atoms with Crippen LogP contribution in [0, 0.1) is 11.2 Å². The molecule has 2 heterocycles. The second kappa shape index (κ2) is 7.90.